The summed E-state index contributed by atoms with van der Waals surface area (Å²) in [4.78, 5) is 14.7. The maximum absolute atomic E-state index is 10.4. The fraction of sp³-hybridized carbons (Fsp3) is 0.200. The molecule has 0 amide bonds. The van der Waals surface area contributed by atoms with Crippen molar-refractivity contribution in [1.82, 2.24) is 0 Å². The molecule has 0 saturated carbocycles. The minimum Gasteiger partial charge on any atom is -0.296 e. The molecule has 0 fully saturated rings. The van der Waals surface area contributed by atoms with Crippen molar-refractivity contribution in [2.75, 3.05) is 5.75 Å². The predicted octanol–water partition coefficient (Wildman–Crippen LogP) is 2.07. The summed E-state index contributed by atoms with van der Waals surface area (Å²) < 4.78 is 0. The van der Waals surface area contributed by atoms with Crippen molar-refractivity contribution < 1.29 is 4.79 Å². The summed E-state index contributed by atoms with van der Waals surface area (Å²) in [6.45, 7) is 0. The molecule has 0 N–H and O–H groups in total. The average molecular weight is 191 g/mol. The molecule has 1 heterocycles. The number of benzene rings is 1. The molecule has 0 aromatic heterocycles. The van der Waals surface area contributed by atoms with Crippen molar-refractivity contribution >= 4 is 23.1 Å². The van der Waals surface area contributed by atoms with E-state index in [0.717, 1.165) is 12.0 Å². The molecular formula is C10H9NOS. The Kier molecular flexibility index (Phi) is 2.45. The van der Waals surface area contributed by atoms with E-state index in [1.165, 1.54) is 17.3 Å². The topological polar surface area (TPSA) is 29.4 Å². The SMILES string of the molecule is O=CC1=NC(c2ccccc2)CS1. The van der Waals surface area contributed by atoms with Crippen LogP contribution in [0.15, 0.2) is 35.3 Å². The van der Waals surface area contributed by atoms with Crippen LogP contribution in [0.3, 0.4) is 0 Å². The smallest absolute Gasteiger partial charge is 0.174 e. The molecule has 2 nitrogen and oxygen atoms in total. The zero-order valence-corrected chi connectivity index (χ0v) is 7.83. The van der Waals surface area contributed by atoms with E-state index < -0.39 is 0 Å². The van der Waals surface area contributed by atoms with Gasteiger partial charge in [0.15, 0.2) is 6.29 Å². The van der Waals surface area contributed by atoms with Crippen LogP contribution in [0.4, 0.5) is 0 Å². The van der Waals surface area contributed by atoms with Gasteiger partial charge in [0.05, 0.1) is 6.04 Å². The Morgan fingerprint density at radius 3 is 2.77 bits per heavy atom. The summed E-state index contributed by atoms with van der Waals surface area (Å²) in [7, 11) is 0. The van der Waals surface area contributed by atoms with Crippen molar-refractivity contribution in [1.29, 1.82) is 0 Å². The van der Waals surface area contributed by atoms with E-state index >= 15 is 0 Å². The number of hydrogen-bond acceptors (Lipinski definition) is 3. The first-order chi connectivity index (χ1) is 6.40. The normalized spacial score (nSPS) is 21.2. The fourth-order valence-electron chi connectivity index (χ4n) is 1.30. The van der Waals surface area contributed by atoms with Crippen LogP contribution in [0.25, 0.3) is 0 Å². The van der Waals surface area contributed by atoms with Crippen LogP contribution in [-0.2, 0) is 4.79 Å². The van der Waals surface area contributed by atoms with Crippen LogP contribution in [0.5, 0.6) is 0 Å². The van der Waals surface area contributed by atoms with Crippen molar-refractivity contribution in [3.05, 3.63) is 35.9 Å². The van der Waals surface area contributed by atoms with Gasteiger partial charge in [-0.05, 0) is 5.56 Å². The number of rotatable bonds is 2. The number of carbonyl (C=O) groups excluding carboxylic acids is 1. The Morgan fingerprint density at radius 2 is 2.15 bits per heavy atom. The average Bonchev–Trinajstić information content (AvgIpc) is 2.67. The molecule has 0 spiro atoms. The molecule has 1 aromatic rings. The third kappa shape index (κ3) is 1.80. The molecule has 0 radical (unpaired) electrons. The lowest BCUT2D eigenvalue weighted by Gasteiger charge is -2.04. The maximum Gasteiger partial charge on any atom is 0.174 e. The zero-order chi connectivity index (χ0) is 9.10. The molecule has 1 atom stereocenters. The lowest BCUT2D eigenvalue weighted by Crippen LogP contribution is -1.92. The molecule has 1 aliphatic rings. The van der Waals surface area contributed by atoms with Gasteiger partial charge in [-0.3, -0.25) is 9.79 Å². The highest BCUT2D eigenvalue weighted by Gasteiger charge is 2.18. The standard InChI is InChI=1S/C10H9NOS/c12-6-10-11-9(7-13-10)8-4-2-1-3-5-8/h1-6,9H,7H2. The van der Waals surface area contributed by atoms with Gasteiger partial charge >= 0.3 is 0 Å². The highest BCUT2D eigenvalue weighted by atomic mass is 32.2. The highest BCUT2D eigenvalue weighted by molar-refractivity contribution is 8.15. The molecule has 1 unspecified atom stereocenters. The molecule has 0 aliphatic carbocycles. The summed E-state index contributed by atoms with van der Waals surface area (Å²) in [5, 5.41) is 0.619. The lowest BCUT2D eigenvalue weighted by atomic mass is 10.1. The Balaban J connectivity index is 2.21. The summed E-state index contributed by atoms with van der Waals surface area (Å²) in [6.07, 6.45) is 0.827. The molecule has 2 rings (SSSR count). The van der Waals surface area contributed by atoms with Crippen molar-refractivity contribution in [2.24, 2.45) is 4.99 Å². The maximum atomic E-state index is 10.4. The van der Waals surface area contributed by atoms with Crippen LogP contribution in [0.1, 0.15) is 11.6 Å². The molecule has 1 aliphatic heterocycles. The minimum atomic E-state index is 0.173. The molecule has 0 saturated heterocycles. The first-order valence-electron chi connectivity index (χ1n) is 4.11. The fourth-order valence-corrected chi connectivity index (χ4v) is 2.17. The van der Waals surface area contributed by atoms with E-state index in [1.54, 1.807) is 0 Å². The van der Waals surface area contributed by atoms with Gasteiger partial charge in [-0.15, -0.1) is 11.8 Å². The van der Waals surface area contributed by atoms with Crippen LogP contribution in [-0.4, -0.2) is 17.1 Å². The molecule has 66 valence electrons. The quantitative estimate of drug-likeness (QED) is 0.670. The molecule has 1 aromatic carbocycles. The van der Waals surface area contributed by atoms with Gasteiger partial charge in [0, 0.05) is 5.75 Å². The second kappa shape index (κ2) is 3.75. The number of carbonyl (C=O) groups is 1. The lowest BCUT2D eigenvalue weighted by molar-refractivity contribution is -0.102. The number of thioether (sulfide) groups is 1. The van der Waals surface area contributed by atoms with Gasteiger partial charge in [0.2, 0.25) is 0 Å². The van der Waals surface area contributed by atoms with E-state index in [2.05, 4.69) is 4.99 Å². The number of nitrogens with zero attached hydrogens (tertiary/aromatic N) is 1. The van der Waals surface area contributed by atoms with Crippen LogP contribution >= 0.6 is 11.8 Å². The van der Waals surface area contributed by atoms with Crippen molar-refractivity contribution in [3.8, 4) is 0 Å². The van der Waals surface area contributed by atoms with E-state index in [9.17, 15) is 4.79 Å². The van der Waals surface area contributed by atoms with E-state index in [4.69, 9.17) is 0 Å². The van der Waals surface area contributed by atoms with Gasteiger partial charge in [-0.2, -0.15) is 0 Å². The Bertz CT molecular complexity index is 334. The van der Waals surface area contributed by atoms with Gasteiger partial charge in [-0.1, -0.05) is 30.3 Å². The minimum absolute atomic E-state index is 0.173. The highest BCUT2D eigenvalue weighted by Crippen LogP contribution is 2.29. The first kappa shape index (κ1) is 8.51. The predicted molar refractivity (Wildman–Crippen MR) is 55.1 cm³/mol. The Labute approximate surface area is 81.1 Å². The molecular weight excluding hydrogens is 182 g/mol. The third-order valence-electron chi connectivity index (χ3n) is 1.96. The van der Waals surface area contributed by atoms with Crippen LogP contribution in [0, 0.1) is 0 Å². The summed E-state index contributed by atoms with van der Waals surface area (Å²) >= 11 is 1.53. The number of aldehydes is 1. The summed E-state index contributed by atoms with van der Waals surface area (Å²) in [6, 6.07) is 10.2. The zero-order valence-electron chi connectivity index (χ0n) is 7.01. The van der Waals surface area contributed by atoms with E-state index in [0.29, 0.717) is 5.04 Å². The van der Waals surface area contributed by atoms with Gasteiger partial charge in [0.25, 0.3) is 0 Å². The molecule has 0 bridgehead atoms. The molecule has 3 heteroatoms. The number of aliphatic imine (C=N–C) groups is 1. The van der Waals surface area contributed by atoms with Crippen LogP contribution < -0.4 is 0 Å². The van der Waals surface area contributed by atoms with Crippen molar-refractivity contribution in [3.63, 3.8) is 0 Å². The monoisotopic (exact) mass is 191 g/mol. The van der Waals surface area contributed by atoms with Crippen LogP contribution in [0.2, 0.25) is 0 Å². The van der Waals surface area contributed by atoms with Gasteiger partial charge < -0.3 is 0 Å². The van der Waals surface area contributed by atoms with E-state index in [1.807, 2.05) is 30.3 Å². The Morgan fingerprint density at radius 1 is 1.38 bits per heavy atom. The largest absolute Gasteiger partial charge is 0.296 e. The summed E-state index contributed by atoms with van der Waals surface area (Å²) in [5.74, 6) is 0.887. The second-order valence-corrected chi connectivity index (χ2v) is 3.86. The number of hydrogen-bond donors (Lipinski definition) is 0. The Hall–Kier alpha value is -1.09. The summed E-state index contributed by atoms with van der Waals surface area (Å²) in [5.41, 5.74) is 1.19. The van der Waals surface area contributed by atoms with Crippen molar-refractivity contribution in [2.45, 2.75) is 6.04 Å². The van der Waals surface area contributed by atoms with Gasteiger partial charge in [0.1, 0.15) is 5.04 Å². The first-order valence-corrected chi connectivity index (χ1v) is 5.09. The second-order valence-electron chi connectivity index (χ2n) is 2.82. The third-order valence-corrected chi connectivity index (χ3v) is 2.94. The van der Waals surface area contributed by atoms with E-state index in [-0.39, 0.29) is 6.04 Å². The van der Waals surface area contributed by atoms with Gasteiger partial charge in [-0.25, -0.2) is 0 Å². The molecule has 13 heavy (non-hydrogen) atoms.